The maximum absolute atomic E-state index is 12.6. The number of hydrogen-bond acceptors (Lipinski definition) is 25. The molecule has 0 saturated carbocycles. The van der Waals surface area contributed by atoms with Crippen LogP contribution in [0.15, 0.2) is 365 Å². The predicted molar refractivity (Wildman–Crippen MR) is 523 cm³/mol. The van der Waals surface area contributed by atoms with Gasteiger partial charge in [-0.3, -0.25) is 72.5 Å². The summed E-state index contributed by atoms with van der Waals surface area (Å²) in [6.07, 6.45) is 14.1. The quantitative estimate of drug-likeness (QED) is 0.0176. The Morgan fingerprint density at radius 2 is 0.475 bits per heavy atom. The van der Waals surface area contributed by atoms with Crippen LogP contribution >= 0.6 is 0 Å². The second-order valence-electron chi connectivity index (χ2n) is 30.4. The number of hydrogen-bond donors (Lipinski definition) is 10. The standard InChI is InChI=1S/4C20H19N3O4S.C19H17N3O4S/c2*1-14-4-2-7-19(8-14)28(25,26)23-17-6-3-5-15(9-17)13-27-18-10-16(20(21)24)11-22-12-18;1-14-5-2-3-8-19(14)28(25,26)23-17-7-4-6-15(9-17)13-27-18-10-16(20(21)24)11-22-12-18;1-14-5-7-19(8-6-14)28(25,26)23-17-4-2-3-15(9-17)13-27-18-10-16(20(21)24)11-22-12-18;20-19(23)15-10-17(12-21-11-15)26-13-14-5-4-6-16(9-14)22-27(24,25)18-7-2-1-3-8-18/h4*2-12,23H,13H2,1H3,(H2,21,24);1-12,22H,13H2,(H2,20,23). The number of pyridine rings is 5. The number of nitrogens with zero attached hydrogens (tertiary/aromatic N) is 5. The van der Waals surface area contributed by atoms with Crippen LogP contribution in [0.25, 0.3) is 0 Å². The van der Waals surface area contributed by atoms with Crippen molar-refractivity contribution in [3.63, 3.8) is 0 Å². The number of anilines is 5. The van der Waals surface area contributed by atoms with Crippen LogP contribution in [0.2, 0.25) is 0 Å². The van der Waals surface area contributed by atoms with E-state index >= 15 is 0 Å². The summed E-state index contributed by atoms with van der Waals surface area (Å²) in [6.45, 7) is 8.15. The van der Waals surface area contributed by atoms with Crippen LogP contribution in [0.4, 0.5) is 28.4 Å². The van der Waals surface area contributed by atoms with Crippen LogP contribution in [0.3, 0.4) is 0 Å². The Labute approximate surface area is 802 Å². The second kappa shape index (κ2) is 47.8. The van der Waals surface area contributed by atoms with Gasteiger partial charge in [0.2, 0.25) is 29.5 Å². The van der Waals surface area contributed by atoms with Gasteiger partial charge < -0.3 is 52.4 Å². The van der Waals surface area contributed by atoms with E-state index in [1.54, 1.807) is 231 Å². The molecular weight excluding hydrogens is 1880 g/mol. The van der Waals surface area contributed by atoms with E-state index in [0.717, 1.165) is 44.5 Å². The number of amides is 5. The molecule has 139 heavy (non-hydrogen) atoms. The molecule has 10 aromatic carbocycles. The molecule has 0 aliphatic heterocycles. The molecule has 0 saturated heterocycles. The lowest BCUT2D eigenvalue weighted by Crippen LogP contribution is -2.14. The number of carbonyl (C=O) groups excluding carboxylic acids is 5. The van der Waals surface area contributed by atoms with Crippen molar-refractivity contribution in [3.8, 4) is 28.7 Å². The Hall–Kier alpha value is -17.0. The molecule has 15 N–H and O–H groups in total. The zero-order valence-electron chi connectivity index (χ0n) is 74.7. The molecule has 35 nitrogen and oxygen atoms in total. The van der Waals surface area contributed by atoms with E-state index < -0.39 is 79.7 Å². The fourth-order valence-electron chi connectivity index (χ4n) is 12.4. The Morgan fingerprint density at radius 3 is 0.741 bits per heavy atom. The van der Waals surface area contributed by atoms with Crippen LogP contribution < -0.4 is 76.0 Å². The predicted octanol–water partition coefficient (Wildman–Crippen LogP) is 14.0. The number of primary amides is 5. The minimum atomic E-state index is -3.70. The summed E-state index contributed by atoms with van der Waals surface area (Å²) in [6, 6.07) is 76.6. The minimum Gasteiger partial charge on any atom is -0.487 e. The number of nitrogens with one attached hydrogen (secondary N) is 5. The second-order valence-corrected chi connectivity index (χ2v) is 38.7. The number of nitrogens with two attached hydrogens (primary N) is 5. The topological polar surface area (TPSA) is 557 Å². The minimum absolute atomic E-state index is 0.170. The van der Waals surface area contributed by atoms with Crippen LogP contribution in [0.1, 0.15) is 102 Å². The highest BCUT2D eigenvalue weighted by Gasteiger charge is 2.22. The van der Waals surface area contributed by atoms with E-state index in [1.807, 2.05) is 32.9 Å². The van der Waals surface area contributed by atoms with Crippen molar-refractivity contribution < 1.29 is 89.7 Å². The first-order valence-electron chi connectivity index (χ1n) is 41.6. The Kier molecular flexibility index (Phi) is 35.3. The molecule has 0 aliphatic rings. The Bertz CT molecular complexity index is 7370. The van der Waals surface area contributed by atoms with Crippen LogP contribution in [-0.2, 0) is 83.2 Å². The molecule has 0 radical (unpaired) electrons. The van der Waals surface area contributed by atoms with E-state index in [0.29, 0.717) is 62.7 Å². The molecule has 0 bridgehead atoms. The summed E-state index contributed by atoms with van der Waals surface area (Å²) in [5.74, 6) is -1.01. The van der Waals surface area contributed by atoms with Crippen molar-refractivity contribution in [2.45, 2.75) is 85.2 Å². The SMILES string of the molecule is Cc1ccc(S(=O)(=O)Nc2cccc(COc3cncc(C(N)=O)c3)c2)cc1.Cc1cccc(S(=O)(=O)Nc2cccc(COc3cncc(C(N)=O)c3)c2)c1.Cc1cccc(S(=O)(=O)Nc2cccc(COc3cncc(C(N)=O)c3)c2)c1.Cc1ccccc1S(=O)(=O)Nc1cccc(COc2cncc(C(N)=O)c2)c1.NC(=O)c1cncc(OCc2cccc(NS(=O)(=O)c3ccccc3)c2)c1. The fraction of sp³-hybridized carbons (Fsp3) is 0.0909. The van der Waals surface area contributed by atoms with Crippen molar-refractivity contribution in [1.82, 2.24) is 24.9 Å². The fourth-order valence-corrected chi connectivity index (χ4v) is 18.2. The van der Waals surface area contributed by atoms with E-state index in [2.05, 4.69) is 48.5 Å². The number of ether oxygens (including phenoxy) is 5. The van der Waals surface area contributed by atoms with Gasteiger partial charge in [-0.15, -0.1) is 0 Å². The van der Waals surface area contributed by atoms with Crippen LogP contribution in [0, 0.1) is 27.7 Å². The van der Waals surface area contributed by atoms with E-state index in [4.69, 9.17) is 52.4 Å². The summed E-state index contributed by atoms with van der Waals surface area (Å²) in [7, 11) is -18.4. The third-order valence-corrected chi connectivity index (χ3v) is 26.4. The molecule has 0 unspecified atom stereocenters. The highest BCUT2D eigenvalue weighted by Crippen LogP contribution is 2.28. The van der Waals surface area contributed by atoms with Crippen molar-refractivity contribution in [3.05, 3.63) is 419 Å². The molecule has 15 rings (SSSR count). The lowest BCUT2D eigenvalue weighted by atomic mass is 10.2. The normalized spacial score (nSPS) is 11.0. The molecule has 40 heteroatoms. The van der Waals surface area contributed by atoms with Gasteiger partial charge in [0.15, 0.2) is 0 Å². The van der Waals surface area contributed by atoms with Gasteiger partial charge in [0.05, 0.1) is 83.3 Å². The number of aryl methyl sites for hydroxylation is 4. The van der Waals surface area contributed by atoms with Gasteiger partial charge in [-0.1, -0.05) is 139 Å². The monoisotopic (exact) mass is 1970 g/mol. The lowest BCUT2D eigenvalue weighted by molar-refractivity contribution is 0.0991. The van der Waals surface area contributed by atoms with Gasteiger partial charge in [0.1, 0.15) is 61.8 Å². The molecule has 0 spiro atoms. The van der Waals surface area contributed by atoms with Crippen molar-refractivity contribution in [2.75, 3.05) is 23.6 Å². The molecule has 5 aromatic heterocycles. The van der Waals surface area contributed by atoms with Gasteiger partial charge in [-0.25, -0.2) is 42.1 Å². The van der Waals surface area contributed by atoms with E-state index in [1.165, 1.54) is 104 Å². The van der Waals surface area contributed by atoms with Crippen molar-refractivity contribution in [1.29, 1.82) is 0 Å². The number of carbonyl (C=O) groups is 5. The third-order valence-electron chi connectivity index (χ3n) is 19.3. The molecule has 714 valence electrons. The first kappa shape index (κ1) is 103. The highest BCUT2D eigenvalue weighted by molar-refractivity contribution is 7.94. The smallest absolute Gasteiger partial charge is 0.262 e. The number of benzene rings is 10. The van der Waals surface area contributed by atoms with Gasteiger partial charge in [0.25, 0.3) is 50.1 Å². The van der Waals surface area contributed by atoms with Gasteiger partial charge in [0, 0.05) is 59.4 Å². The largest absolute Gasteiger partial charge is 0.487 e. The van der Waals surface area contributed by atoms with Gasteiger partial charge >= 0.3 is 0 Å². The molecule has 0 atom stereocenters. The Balaban J connectivity index is 0.000000166. The zero-order chi connectivity index (χ0) is 99.9. The summed E-state index contributed by atoms with van der Waals surface area (Å²) >= 11 is 0. The molecular formula is C99H93N15O20S5. The summed E-state index contributed by atoms with van der Waals surface area (Å²) in [5, 5.41) is 0. The average molecular weight is 1970 g/mol. The summed E-state index contributed by atoms with van der Waals surface area (Å²) in [5.41, 5.74) is 36.6. The molecule has 0 aliphatic carbocycles. The Morgan fingerprint density at radius 1 is 0.237 bits per heavy atom. The third kappa shape index (κ3) is 31.9. The molecule has 5 heterocycles. The average Bonchev–Trinajstić information content (AvgIpc) is 0.824. The number of rotatable bonds is 35. The lowest BCUT2D eigenvalue weighted by Gasteiger charge is -2.12. The maximum atomic E-state index is 12.6. The maximum Gasteiger partial charge on any atom is 0.262 e. The van der Waals surface area contributed by atoms with E-state index in [9.17, 15) is 66.1 Å². The summed E-state index contributed by atoms with van der Waals surface area (Å²) < 4.78 is 166. The van der Waals surface area contributed by atoms with Crippen LogP contribution in [0.5, 0.6) is 28.7 Å². The van der Waals surface area contributed by atoms with Gasteiger partial charge in [-0.2, -0.15) is 0 Å². The number of sulfonamides is 5. The molecule has 0 fully saturated rings. The first-order chi connectivity index (χ1) is 66.3. The highest BCUT2D eigenvalue weighted by atomic mass is 32.2. The van der Waals surface area contributed by atoms with Crippen molar-refractivity contribution in [2.24, 2.45) is 28.7 Å². The zero-order valence-corrected chi connectivity index (χ0v) is 78.8. The summed E-state index contributed by atoms with van der Waals surface area (Å²) in [4.78, 5) is 76.5. The van der Waals surface area contributed by atoms with Crippen molar-refractivity contribution >= 4 is 108 Å². The van der Waals surface area contributed by atoms with Crippen LogP contribution in [-0.4, -0.2) is 96.5 Å². The first-order valence-corrected chi connectivity index (χ1v) is 49.0. The van der Waals surface area contributed by atoms with Gasteiger partial charge in [-0.05, 0) is 218 Å². The van der Waals surface area contributed by atoms with E-state index in [-0.39, 0.29) is 85.3 Å². The molecule has 15 aromatic rings. The number of aromatic nitrogens is 5. The molecule has 5 amide bonds.